The van der Waals surface area contributed by atoms with Crippen molar-refractivity contribution in [2.45, 2.75) is 82.0 Å². The Balaban J connectivity index is 1.39. The molecular formula is C30H42O10. The van der Waals surface area contributed by atoms with E-state index in [-0.39, 0.29) is 32.7 Å². The van der Waals surface area contributed by atoms with E-state index in [4.69, 9.17) is 37.9 Å². The van der Waals surface area contributed by atoms with Crippen molar-refractivity contribution in [1.29, 1.82) is 0 Å². The zero-order chi connectivity index (χ0) is 28.5. The van der Waals surface area contributed by atoms with Crippen LogP contribution in [0.3, 0.4) is 0 Å². The molecule has 4 rings (SSSR count). The Kier molecular flexibility index (Phi) is 11.3. The van der Waals surface area contributed by atoms with Gasteiger partial charge in [0, 0.05) is 13.5 Å². The van der Waals surface area contributed by atoms with Gasteiger partial charge >= 0.3 is 0 Å². The van der Waals surface area contributed by atoms with Crippen LogP contribution in [0.4, 0.5) is 0 Å². The maximum Gasteiger partial charge on any atom is 0.163 e. The monoisotopic (exact) mass is 562 g/mol. The lowest BCUT2D eigenvalue weighted by Crippen LogP contribution is -2.58. The van der Waals surface area contributed by atoms with Gasteiger partial charge in [0.05, 0.1) is 45.7 Å². The molecule has 2 aliphatic heterocycles. The van der Waals surface area contributed by atoms with Gasteiger partial charge in [-0.15, -0.1) is 0 Å². The number of benzene rings is 2. The zero-order valence-electron chi connectivity index (χ0n) is 23.6. The second-order valence-electron chi connectivity index (χ2n) is 10.5. The van der Waals surface area contributed by atoms with E-state index in [0.717, 1.165) is 16.9 Å². The van der Waals surface area contributed by atoms with Gasteiger partial charge in [0.15, 0.2) is 5.79 Å². The summed E-state index contributed by atoms with van der Waals surface area (Å²) in [5.74, 6) is -0.119. The van der Waals surface area contributed by atoms with Gasteiger partial charge in [0.25, 0.3) is 0 Å². The van der Waals surface area contributed by atoms with E-state index in [2.05, 4.69) is 0 Å². The third kappa shape index (κ3) is 8.45. The summed E-state index contributed by atoms with van der Waals surface area (Å²) < 4.78 is 46.6. The van der Waals surface area contributed by atoms with Crippen LogP contribution in [-0.4, -0.2) is 93.0 Å². The molecule has 40 heavy (non-hydrogen) atoms. The maximum atomic E-state index is 11.2. The molecule has 2 aromatic carbocycles. The average molecular weight is 563 g/mol. The SMILES string of the molecule is COCO[C@H](COCc1ccccc1)[C@H]1C[C@H]2OC(C)(C)O[C@H]2[C@H]([C@@H](O)[C@H](O)COCc2ccc(OC)cc2)O1. The predicted octanol–water partition coefficient (Wildman–Crippen LogP) is 2.82. The van der Waals surface area contributed by atoms with Crippen LogP contribution in [0.25, 0.3) is 0 Å². The molecule has 10 nitrogen and oxygen atoms in total. The van der Waals surface area contributed by atoms with Crippen molar-refractivity contribution in [3.63, 3.8) is 0 Å². The van der Waals surface area contributed by atoms with Gasteiger partial charge in [-0.1, -0.05) is 42.5 Å². The molecule has 10 heteroatoms. The van der Waals surface area contributed by atoms with Gasteiger partial charge in [-0.2, -0.15) is 0 Å². The average Bonchev–Trinajstić information content (AvgIpc) is 3.28. The molecule has 2 saturated heterocycles. The van der Waals surface area contributed by atoms with Crippen molar-refractivity contribution in [3.8, 4) is 5.75 Å². The molecule has 0 spiro atoms. The molecule has 2 fully saturated rings. The highest BCUT2D eigenvalue weighted by Crippen LogP contribution is 2.39. The van der Waals surface area contributed by atoms with Crippen molar-refractivity contribution in [1.82, 2.24) is 0 Å². The van der Waals surface area contributed by atoms with E-state index in [1.807, 2.05) is 68.4 Å². The standard InChI is InChI=1S/C30H42O10/c1-30(2)39-25-14-24(26(37-19-33-3)18-36-15-20-8-6-5-7-9-20)38-29(28(25)40-30)27(32)23(31)17-35-16-21-10-12-22(34-4)13-11-21/h5-13,23-29,31-32H,14-19H2,1-4H3/t23-,24-,25-,26-,27+,28-,29+/m1/s1. The molecule has 0 bridgehead atoms. The summed E-state index contributed by atoms with van der Waals surface area (Å²) in [6, 6.07) is 17.3. The second-order valence-corrected chi connectivity index (χ2v) is 10.5. The van der Waals surface area contributed by atoms with Crippen molar-refractivity contribution < 1.29 is 48.1 Å². The van der Waals surface area contributed by atoms with Gasteiger partial charge in [0.1, 0.15) is 43.1 Å². The highest BCUT2D eigenvalue weighted by Gasteiger charge is 2.54. The maximum absolute atomic E-state index is 11.2. The van der Waals surface area contributed by atoms with Crippen LogP contribution < -0.4 is 4.74 Å². The van der Waals surface area contributed by atoms with Crippen LogP contribution in [0.2, 0.25) is 0 Å². The molecule has 2 aromatic rings. The van der Waals surface area contributed by atoms with E-state index in [9.17, 15) is 10.2 Å². The van der Waals surface area contributed by atoms with Gasteiger partial charge in [0.2, 0.25) is 0 Å². The summed E-state index contributed by atoms with van der Waals surface area (Å²) in [5.41, 5.74) is 1.96. The predicted molar refractivity (Wildman–Crippen MR) is 145 cm³/mol. The van der Waals surface area contributed by atoms with Gasteiger partial charge < -0.3 is 48.1 Å². The Labute approximate surface area is 236 Å². The Morgan fingerprint density at radius 1 is 0.900 bits per heavy atom. The van der Waals surface area contributed by atoms with Gasteiger partial charge in [-0.25, -0.2) is 0 Å². The minimum absolute atomic E-state index is 0.0468. The third-order valence-electron chi connectivity index (χ3n) is 7.00. The Bertz CT molecular complexity index is 1000. The molecule has 0 aromatic heterocycles. The van der Waals surface area contributed by atoms with Gasteiger partial charge in [-0.05, 0) is 37.1 Å². The summed E-state index contributed by atoms with van der Waals surface area (Å²) >= 11 is 0. The van der Waals surface area contributed by atoms with E-state index in [1.165, 1.54) is 0 Å². The first kappa shape index (κ1) is 30.8. The highest BCUT2D eigenvalue weighted by molar-refractivity contribution is 5.26. The Morgan fingerprint density at radius 3 is 2.25 bits per heavy atom. The quantitative estimate of drug-likeness (QED) is 0.314. The number of methoxy groups -OCH3 is 2. The first-order valence-corrected chi connectivity index (χ1v) is 13.6. The summed E-state index contributed by atoms with van der Waals surface area (Å²) in [5, 5.41) is 22.1. The van der Waals surface area contributed by atoms with Crippen LogP contribution in [0.5, 0.6) is 5.75 Å². The number of fused-ring (bicyclic) bond motifs is 1. The molecule has 0 radical (unpaired) electrons. The van der Waals surface area contributed by atoms with Crippen molar-refractivity contribution >= 4 is 0 Å². The summed E-state index contributed by atoms with van der Waals surface area (Å²) in [6.07, 6.45) is -4.89. The topological polar surface area (TPSA) is 114 Å². The molecule has 2 N–H and O–H groups in total. The molecular weight excluding hydrogens is 520 g/mol. The Morgan fingerprint density at radius 2 is 1.57 bits per heavy atom. The summed E-state index contributed by atoms with van der Waals surface area (Å²) in [6.45, 7) is 4.51. The normalized spacial score (nSPS) is 26.1. The molecule has 2 heterocycles. The molecule has 0 amide bonds. The summed E-state index contributed by atoms with van der Waals surface area (Å²) in [4.78, 5) is 0. The fraction of sp³-hybridized carbons (Fsp3) is 0.600. The number of hydrogen-bond donors (Lipinski definition) is 2. The molecule has 0 unspecified atom stereocenters. The van der Waals surface area contributed by atoms with E-state index < -0.39 is 42.4 Å². The largest absolute Gasteiger partial charge is 0.497 e. The first-order valence-electron chi connectivity index (χ1n) is 13.6. The number of hydrogen-bond acceptors (Lipinski definition) is 10. The van der Waals surface area contributed by atoms with Crippen molar-refractivity contribution in [2.75, 3.05) is 34.2 Å². The first-order chi connectivity index (χ1) is 19.3. The summed E-state index contributed by atoms with van der Waals surface area (Å²) in [7, 11) is 3.15. The van der Waals surface area contributed by atoms with Crippen LogP contribution in [0.15, 0.2) is 54.6 Å². The van der Waals surface area contributed by atoms with Crippen LogP contribution in [0, 0.1) is 0 Å². The minimum Gasteiger partial charge on any atom is -0.497 e. The van der Waals surface area contributed by atoms with E-state index >= 15 is 0 Å². The molecule has 2 aliphatic rings. The third-order valence-corrected chi connectivity index (χ3v) is 7.00. The molecule has 7 atom stereocenters. The van der Waals surface area contributed by atoms with Crippen LogP contribution in [-0.2, 0) is 46.4 Å². The molecule has 0 saturated carbocycles. The Hall–Kier alpha value is -2.12. The number of aliphatic hydroxyl groups excluding tert-OH is 2. The lowest BCUT2D eigenvalue weighted by atomic mass is 9.91. The lowest BCUT2D eigenvalue weighted by molar-refractivity contribution is -0.234. The number of rotatable bonds is 15. The molecule has 222 valence electrons. The van der Waals surface area contributed by atoms with Crippen molar-refractivity contribution in [2.24, 2.45) is 0 Å². The van der Waals surface area contributed by atoms with Gasteiger partial charge in [-0.3, -0.25) is 0 Å². The lowest BCUT2D eigenvalue weighted by Gasteiger charge is -2.42. The number of aliphatic hydroxyl groups is 2. The number of ether oxygens (including phenoxy) is 8. The van der Waals surface area contributed by atoms with Crippen molar-refractivity contribution in [3.05, 3.63) is 65.7 Å². The second kappa shape index (κ2) is 14.7. The van der Waals surface area contributed by atoms with Crippen LogP contribution >= 0.6 is 0 Å². The van der Waals surface area contributed by atoms with Crippen LogP contribution in [0.1, 0.15) is 31.4 Å². The molecule has 0 aliphatic carbocycles. The fourth-order valence-corrected chi connectivity index (χ4v) is 5.02. The van der Waals surface area contributed by atoms with E-state index in [0.29, 0.717) is 13.0 Å². The smallest absolute Gasteiger partial charge is 0.163 e. The van der Waals surface area contributed by atoms with E-state index in [1.54, 1.807) is 14.2 Å². The zero-order valence-corrected chi connectivity index (χ0v) is 23.6. The highest BCUT2D eigenvalue weighted by atomic mass is 16.8. The fourth-order valence-electron chi connectivity index (χ4n) is 5.02. The minimum atomic E-state index is -1.29.